The fourth-order valence-corrected chi connectivity index (χ4v) is 2.91. The van der Waals surface area contributed by atoms with E-state index in [0.717, 1.165) is 43.4 Å². The van der Waals surface area contributed by atoms with Crippen molar-refractivity contribution >= 4 is 11.6 Å². The molecule has 1 aromatic heterocycles. The molecule has 0 amide bonds. The van der Waals surface area contributed by atoms with Crippen molar-refractivity contribution in [3.8, 4) is 0 Å². The molecule has 0 spiro atoms. The van der Waals surface area contributed by atoms with E-state index in [1.165, 1.54) is 12.8 Å². The molecule has 0 saturated carbocycles. The first kappa shape index (κ1) is 12.7. The molecule has 1 aromatic rings. The molecule has 104 valence electrons. The molecule has 19 heavy (non-hydrogen) atoms. The summed E-state index contributed by atoms with van der Waals surface area (Å²) in [5, 5.41) is 3.13. The number of nitrogens with one attached hydrogen (secondary N) is 1. The molecule has 3 rings (SSSR count). The molecule has 2 bridgehead atoms. The summed E-state index contributed by atoms with van der Waals surface area (Å²) >= 11 is 0. The van der Waals surface area contributed by atoms with Crippen LogP contribution in [0.1, 0.15) is 32.0 Å². The van der Waals surface area contributed by atoms with Crippen LogP contribution in [0, 0.1) is 0 Å². The second-order valence-corrected chi connectivity index (χ2v) is 5.39. The zero-order chi connectivity index (χ0) is 13.2. The van der Waals surface area contributed by atoms with Gasteiger partial charge in [0, 0.05) is 32.6 Å². The van der Waals surface area contributed by atoms with Crippen LogP contribution in [0.4, 0.5) is 11.6 Å². The predicted molar refractivity (Wildman–Crippen MR) is 75.7 cm³/mol. The van der Waals surface area contributed by atoms with Gasteiger partial charge < -0.3 is 15.0 Å². The highest BCUT2D eigenvalue weighted by molar-refractivity contribution is 5.49. The van der Waals surface area contributed by atoms with E-state index in [1.807, 2.05) is 13.1 Å². The zero-order valence-electron chi connectivity index (χ0n) is 11.7. The van der Waals surface area contributed by atoms with E-state index in [4.69, 9.17) is 9.72 Å². The highest BCUT2D eigenvalue weighted by Gasteiger charge is 2.34. The average Bonchev–Trinajstić information content (AvgIpc) is 2.77. The number of aromatic nitrogens is 2. The molecule has 0 aliphatic carbocycles. The number of morpholine rings is 1. The second kappa shape index (κ2) is 5.33. The Morgan fingerprint density at radius 3 is 2.68 bits per heavy atom. The van der Waals surface area contributed by atoms with Gasteiger partial charge in [0.15, 0.2) is 0 Å². The van der Waals surface area contributed by atoms with Gasteiger partial charge in [-0.2, -0.15) is 0 Å². The number of hydrogen-bond donors (Lipinski definition) is 1. The lowest BCUT2D eigenvalue weighted by Gasteiger charge is -2.33. The van der Waals surface area contributed by atoms with Crippen LogP contribution in [0.3, 0.4) is 0 Å². The van der Waals surface area contributed by atoms with E-state index < -0.39 is 0 Å². The monoisotopic (exact) mass is 262 g/mol. The number of ether oxygens (including phenoxy) is 1. The highest BCUT2D eigenvalue weighted by Crippen LogP contribution is 2.29. The molecule has 2 atom stereocenters. The summed E-state index contributed by atoms with van der Waals surface area (Å²) in [6.07, 6.45) is 5.16. The Morgan fingerprint density at radius 1 is 1.32 bits per heavy atom. The van der Waals surface area contributed by atoms with E-state index in [9.17, 15) is 0 Å². The zero-order valence-corrected chi connectivity index (χ0v) is 11.7. The quantitative estimate of drug-likeness (QED) is 0.897. The van der Waals surface area contributed by atoms with Gasteiger partial charge in [-0.05, 0) is 19.3 Å². The number of anilines is 2. The SMILES string of the molecule is CCCc1nc(NC)cc(N2CC3CCC(C2)O3)n1. The largest absolute Gasteiger partial charge is 0.373 e. The van der Waals surface area contributed by atoms with E-state index in [-0.39, 0.29) is 0 Å². The van der Waals surface area contributed by atoms with Crippen LogP contribution in [0.2, 0.25) is 0 Å². The van der Waals surface area contributed by atoms with Crippen LogP contribution in [-0.4, -0.2) is 42.3 Å². The summed E-state index contributed by atoms with van der Waals surface area (Å²) in [5.74, 6) is 2.89. The molecule has 0 radical (unpaired) electrons. The predicted octanol–water partition coefficient (Wildman–Crippen LogP) is 1.84. The Labute approximate surface area is 114 Å². The third-order valence-corrected chi connectivity index (χ3v) is 3.86. The molecule has 2 fully saturated rings. The van der Waals surface area contributed by atoms with Crippen molar-refractivity contribution in [1.82, 2.24) is 9.97 Å². The van der Waals surface area contributed by atoms with Crippen LogP contribution in [0.25, 0.3) is 0 Å². The molecule has 2 saturated heterocycles. The van der Waals surface area contributed by atoms with Crippen molar-refractivity contribution in [3.05, 3.63) is 11.9 Å². The van der Waals surface area contributed by atoms with Crippen molar-refractivity contribution in [2.75, 3.05) is 30.4 Å². The fourth-order valence-electron chi connectivity index (χ4n) is 2.91. The standard InChI is InChI=1S/C14H22N4O/c1-3-4-12-16-13(15-2)7-14(17-12)18-8-10-5-6-11(9-18)19-10/h7,10-11H,3-6,8-9H2,1-2H3,(H,15,16,17). The minimum Gasteiger partial charge on any atom is -0.373 e. The van der Waals surface area contributed by atoms with Gasteiger partial charge in [-0.3, -0.25) is 0 Å². The van der Waals surface area contributed by atoms with Gasteiger partial charge in [-0.1, -0.05) is 6.92 Å². The van der Waals surface area contributed by atoms with Gasteiger partial charge in [0.05, 0.1) is 12.2 Å². The lowest BCUT2D eigenvalue weighted by Crippen LogP contribution is -2.43. The summed E-state index contributed by atoms with van der Waals surface area (Å²) in [7, 11) is 1.91. The van der Waals surface area contributed by atoms with Gasteiger partial charge in [0.2, 0.25) is 0 Å². The molecule has 5 heteroatoms. The average molecular weight is 262 g/mol. The van der Waals surface area contributed by atoms with Crippen molar-refractivity contribution in [2.45, 2.75) is 44.8 Å². The van der Waals surface area contributed by atoms with E-state index >= 15 is 0 Å². The molecule has 1 N–H and O–H groups in total. The van der Waals surface area contributed by atoms with Crippen LogP contribution < -0.4 is 10.2 Å². The van der Waals surface area contributed by atoms with Crippen molar-refractivity contribution in [2.24, 2.45) is 0 Å². The summed E-state index contributed by atoms with van der Waals surface area (Å²) in [4.78, 5) is 11.6. The summed E-state index contributed by atoms with van der Waals surface area (Å²) in [5.41, 5.74) is 0. The van der Waals surface area contributed by atoms with Crippen molar-refractivity contribution in [3.63, 3.8) is 0 Å². The number of fused-ring (bicyclic) bond motifs is 2. The highest BCUT2D eigenvalue weighted by atomic mass is 16.5. The summed E-state index contributed by atoms with van der Waals surface area (Å²) in [6, 6.07) is 2.05. The van der Waals surface area contributed by atoms with Gasteiger partial charge in [0.25, 0.3) is 0 Å². The van der Waals surface area contributed by atoms with Gasteiger partial charge in [0.1, 0.15) is 17.5 Å². The molecular weight excluding hydrogens is 240 g/mol. The molecular formula is C14H22N4O. The van der Waals surface area contributed by atoms with Crippen LogP contribution >= 0.6 is 0 Å². The van der Waals surface area contributed by atoms with Crippen molar-refractivity contribution < 1.29 is 4.74 Å². The van der Waals surface area contributed by atoms with Crippen molar-refractivity contribution in [1.29, 1.82) is 0 Å². The number of rotatable bonds is 4. The lowest BCUT2D eigenvalue weighted by molar-refractivity contribution is 0.0302. The maximum atomic E-state index is 5.88. The Kier molecular flexibility index (Phi) is 3.55. The maximum absolute atomic E-state index is 5.88. The van der Waals surface area contributed by atoms with Crippen LogP contribution in [-0.2, 0) is 11.2 Å². The van der Waals surface area contributed by atoms with Gasteiger partial charge in [-0.15, -0.1) is 0 Å². The number of aryl methyl sites for hydroxylation is 1. The van der Waals surface area contributed by atoms with Crippen LogP contribution in [0.15, 0.2) is 6.07 Å². The smallest absolute Gasteiger partial charge is 0.134 e. The molecule has 2 aliphatic rings. The first-order valence-corrected chi connectivity index (χ1v) is 7.24. The van der Waals surface area contributed by atoms with Gasteiger partial charge >= 0.3 is 0 Å². The summed E-state index contributed by atoms with van der Waals surface area (Å²) < 4.78 is 5.88. The normalized spacial score (nSPS) is 25.7. The molecule has 5 nitrogen and oxygen atoms in total. The third kappa shape index (κ3) is 2.66. The Balaban J connectivity index is 1.84. The molecule has 2 unspecified atom stereocenters. The van der Waals surface area contributed by atoms with Gasteiger partial charge in [-0.25, -0.2) is 9.97 Å². The Hall–Kier alpha value is -1.36. The fraction of sp³-hybridized carbons (Fsp3) is 0.714. The maximum Gasteiger partial charge on any atom is 0.134 e. The molecule has 2 aliphatic heterocycles. The van der Waals surface area contributed by atoms with E-state index in [2.05, 4.69) is 22.1 Å². The second-order valence-electron chi connectivity index (χ2n) is 5.39. The Bertz CT molecular complexity index is 439. The molecule has 3 heterocycles. The first-order valence-electron chi connectivity index (χ1n) is 7.24. The summed E-state index contributed by atoms with van der Waals surface area (Å²) in [6.45, 7) is 4.08. The third-order valence-electron chi connectivity index (χ3n) is 3.86. The van der Waals surface area contributed by atoms with Crippen LogP contribution in [0.5, 0.6) is 0 Å². The number of hydrogen-bond acceptors (Lipinski definition) is 5. The van der Waals surface area contributed by atoms with E-state index in [0.29, 0.717) is 12.2 Å². The minimum absolute atomic E-state index is 0.390. The lowest BCUT2D eigenvalue weighted by atomic mass is 10.2. The Morgan fingerprint density at radius 2 is 2.05 bits per heavy atom. The number of nitrogens with zero attached hydrogens (tertiary/aromatic N) is 3. The minimum atomic E-state index is 0.390. The first-order chi connectivity index (χ1) is 9.28. The van der Waals surface area contributed by atoms with E-state index in [1.54, 1.807) is 0 Å². The topological polar surface area (TPSA) is 50.3 Å². The molecule has 0 aromatic carbocycles.